The topological polar surface area (TPSA) is 87.3 Å². The Morgan fingerprint density at radius 2 is 1.91 bits per heavy atom. The van der Waals surface area contributed by atoms with Crippen molar-refractivity contribution < 1.29 is 9.53 Å². The van der Waals surface area contributed by atoms with Crippen molar-refractivity contribution in [1.29, 1.82) is 0 Å². The van der Waals surface area contributed by atoms with Crippen LogP contribution in [0.1, 0.15) is 47.4 Å². The van der Waals surface area contributed by atoms with Gasteiger partial charge in [-0.05, 0) is 43.1 Å². The molecule has 7 heteroatoms. The molecule has 0 bridgehead atoms. The fourth-order valence-electron chi connectivity index (χ4n) is 4.02. The lowest BCUT2D eigenvalue weighted by Crippen LogP contribution is -2.37. The van der Waals surface area contributed by atoms with Gasteiger partial charge >= 0.3 is 0 Å². The monoisotopic (exact) mass is 436 g/mol. The lowest BCUT2D eigenvalue weighted by Gasteiger charge is -2.24. The van der Waals surface area contributed by atoms with Crippen molar-refractivity contribution in [1.82, 2.24) is 20.4 Å². The highest BCUT2D eigenvalue weighted by Crippen LogP contribution is 2.29. The first-order chi connectivity index (χ1) is 15.5. The van der Waals surface area contributed by atoms with Gasteiger partial charge < -0.3 is 15.0 Å². The van der Waals surface area contributed by atoms with Crippen molar-refractivity contribution in [2.45, 2.75) is 33.1 Å². The number of hydrogen-bond donors (Lipinski definition) is 2. The third-order valence-corrected chi connectivity index (χ3v) is 5.60. The van der Waals surface area contributed by atoms with Crippen molar-refractivity contribution in [3.63, 3.8) is 0 Å². The Morgan fingerprint density at radius 1 is 1.16 bits per heavy atom. The van der Waals surface area contributed by atoms with E-state index >= 15 is 0 Å². The fraction of sp³-hybridized carbons (Fsp3) is 0.400. The molecule has 0 saturated heterocycles. The number of nitrogens with one attached hydrogen (secondary N) is 2. The SMILES string of the molecule is CCCN(CCNC)C(=O)c1cc(Cc2n[nH]c(=O)c3ccccc23)cc(CC)c1OC. The van der Waals surface area contributed by atoms with Crippen LogP contribution in [0.3, 0.4) is 0 Å². The summed E-state index contributed by atoms with van der Waals surface area (Å²) in [6.45, 7) is 6.15. The highest BCUT2D eigenvalue weighted by Gasteiger charge is 2.22. The van der Waals surface area contributed by atoms with E-state index in [-0.39, 0.29) is 11.5 Å². The number of nitrogens with zero attached hydrogens (tertiary/aromatic N) is 2. The number of H-pyrrole nitrogens is 1. The Kier molecular flexibility index (Phi) is 8.00. The van der Waals surface area contributed by atoms with Gasteiger partial charge in [-0.25, -0.2) is 5.10 Å². The second-order valence-electron chi connectivity index (χ2n) is 7.81. The Labute approximate surface area is 188 Å². The maximum atomic E-state index is 13.5. The third kappa shape index (κ3) is 4.99. The maximum Gasteiger partial charge on any atom is 0.272 e. The van der Waals surface area contributed by atoms with Crippen LogP contribution in [0.5, 0.6) is 5.75 Å². The van der Waals surface area contributed by atoms with Crippen LogP contribution in [0.4, 0.5) is 0 Å². The maximum absolute atomic E-state index is 13.5. The second kappa shape index (κ2) is 10.9. The number of amides is 1. The molecule has 3 rings (SSSR count). The molecule has 1 heterocycles. The molecule has 0 aliphatic carbocycles. The molecule has 0 saturated carbocycles. The number of carbonyl (C=O) groups excluding carboxylic acids is 1. The molecule has 3 aromatic rings. The van der Waals surface area contributed by atoms with Crippen LogP contribution < -0.4 is 15.6 Å². The largest absolute Gasteiger partial charge is 0.496 e. The molecule has 0 spiro atoms. The second-order valence-corrected chi connectivity index (χ2v) is 7.81. The van der Waals surface area contributed by atoms with Crippen molar-refractivity contribution in [3.05, 3.63) is 69.1 Å². The van der Waals surface area contributed by atoms with Gasteiger partial charge in [-0.1, -0.05) is 38.1 Å². The van der Waals surface area contributed by atoms with Gasteiger partial charge in [0.05, 0.1) is 23.8 Å². The quantitative estimate of drug-likeness (QED) is 0.510. The van der Waals surface area contributed by atoms with Gasteiger partial charge in [0.2, 0.25) is 0 Å². The molecule has 1 amide bonds. The van der Waals surface area contributed by atoms with E-state index in [1.165, 1.54) is 0 Å². The van der Waals surface area contributed by atoms with E-state index in [1.54, 1.807) is 13.2 Å². The zero-order valence-corrected chi connectivity index (χ0v) is 19.3. The summed E-state index contributed by atoms with van der Waals surface area (Å²) in [7, 11) is 3.49. The van der Waals surface area contributed by atoms with Crippen LogP contribution in [-0.4, -0.2) is 54.8 Å². The minimum Gasteiger partial charge on any atom is -0.496 e. The highest BCUT2D eigenvalue weighted by atomic mass is 16.5. The summed E-state index contributed by atoms with van der Waals surface area (Å²) in [5, 5.41) is 11.5. The molecular formula is C25H32N4O3. The van der Waals surface area contributed by atoms with Crippen molar-refractivity contribution in [3.8, 4) is 5.75 Å². The van der Waals surface area contributed by atoms with Crippen molar-refractivity contribution in [2.75, 3.05) is 33.8 Å². The number of rotatable bonds is 10. The first-order valence-electron chi connectivity index (χ1n) is 11.1. The Bertz CT molecular complexity index is 1140. The molecule has 0 unspecified atom stereocenters. The molecule has 32 heavy (non-hydrogen) atoms. The molecule has 2 aromatic carbocycles. The Hall–Kier alpha value is -3.19. The molecule has 0 fully saturated rings. The van der Waals surface area contributed by atoms with E-state index in [9.17, 15) is 9.59 Å². The summed E-state index contributed by atoms with van der Waals surface area (Å²) in [5.74, 6) is 0.598. The number of likely N-dealkylation sites (N-methyl/N-ethyl adjacent to an activating group) is 1. The van der Waals surface area contributed by atoms with Crippen LogP contribution in [0.2, 0.25) is 0 Å². The number of methoxy groups -OCH3 is 1. The van der Waals surface area contributed by atoms with E-state index in [0.717, 1.165) is 41.6 Å². The summed E-state index contributed by atoms with van der Waals surface area (Å²) in [6, 6.07) is 11.4. The van der Waals surface area contributed by atoms with Gasteiger partial charge in [-0.2, -0.15) is 5.10 Å². The van der Waals surface area contributed by atoms with E-state index in [0.29, 0.717) is 36.2 Å². The average Bonchev–Trinajstić information content (AvgIpc) is 2.82. The van der Waals surface area contributed by atoms with Crippen LogP contribution in [-0.2, 0) is 12.8 Å². The zero-order chi connectivity index (χ0) is 23.1. The number of aromatic nitrogens is 2. The van der Waals surface area contributed by atoms with Gasteiger partial charge in [-0.15, -0.1) is 0 Å². The first kappa shape index (κ1) is 23.5. The van der Waals surface area contributed by atoms with E-state index in [2.05, 4.69) is 28.5 Å². The molecule has 1 aromatic heterocycles. The molecule has 170 valence electrons. The Morgan fingerprint density at radius 3 is 2.56 bits per heavy atom. The average molecular weight is 437 g/mol. The molecular weight excluding hydrogens is 404 g/mol. The first-order valence-corrected chi connectivity index (χ1v) is 11.1. The lowest BCUT2D eigenvalue weighted by atomic mass is 9.97. The van der Waals surface area contributed by atoms with Gasteiger partial charge in [0.1, 0.15) is 5.75 Å². The standard InChI is InChI=1S/C25H32N4O3/c1-5-12-29(13-11-26-3)25(31)21-15-17(14-18(6-2)23(21)32-4)16-22-19-9-7-8-10-20(19)24(30)28-27-22/h7-10,14-15,26H,5-6,11-13,16H2,1-4H3,(H,28,30). The highest BCUT2D eigenvalue weighted by molar-refractivity contribution is 5.97. The van der Waals surface area contributed by atoms with Crippen LogP contribution >= 0.6 is 0 Å². The molecule has 0 aliphatic heterocycles. The zero-order valence-electron chi connectivity index (χ0n) is 19.3. The summed E-state index contributed by atoms with van der Waals surface area (Å²) in [6.07, 6.45) is 2.12. The van der Waals surface area contributed by atoms with Crippen LogP contribution in [0.25, 0.3) is 10.8 Å². The summed E-state index contributed by atoms with van der Waals surface area (Å²) in [5.41, 5.74) is 3.07. The van der Waals surface area contributed by atoms with Crippen LogP contribution in [0, 0.1) is 0 Å². The van der Waals surface area contributed by atoms with Crippen LogP contribution in [0.15, 0.2) is 41.2 Å². The van der Waals surface area contributed by atoms with Gasteiger partial charge in [0.25, 0.3) is 11.5 Å². The predicted molar refractivity (Wildman–Crippen MR) is 128 cm³/mol. The molecule has 0 aliphatic rings. The van der Waals surface area contributed by atoms with Gasteiger partial charge in [-0.3, -0.25) is 9.59 Å². The number of ether oxygens (including phenoxy) is 1. The minimum absolute atomic E-state index is 0.0326. The minimum atomic E-state index is -0.205. The number of benzene rings is 2. The van der Waals surface area contributed by atoms with Crippen molar-refractivity contribution in [2.24, 2.45) is 0 Å². The third-order valence-electron chi connectivity index (χ3n) is 5.60. The fourth-order valence-corrected chi connectivity index (χ4v) is 4.02. The normalized spacial score (nSPS) is 11.0. The molecule has 7 nitrogen and oxygen atoms in total. The van der Waals surface area contributed by atoms with E-state index in [1.807, 2.05) is 43.1 Å². The lowest BCUT2D eigenvalue weighted by molar-refractivity contribution is 0.0754. The van der Waals surface area contributed by atoms with Crippen molar-refractivity contribution >= 4 is 16.7 Å². The number of aryl methyl sites for hydroxylation is 1. The number of hydrogen-bond acceptors (Lipinski definition) is 5. The molecule has 2 N–H and O–H groups in total. The Balaban J connectivity index is 2.06. The van der Waals surface area contributed by atoms with E-state index < -0.39 is 0 Å². The van der Waals surface area contributed by atoms with E-state index in [4.69, 9.17) is 4.74 Å². The number of fused-ring (bicyclic) bond motifs is 1. The summed E-state index contributed by atoms with van der Waals surface area (Å²) in [4.78, 5) is 27.5. The van der Waals surface area contributed by atoms with Gasteiger partial charge in [0, 0.05) is 31.4 Å². The predicted octanol–water partition coefficient (Wildman–Crippen LogP) is 3.16. The number of aromatic amines is 1. The molecule has 0 radical (unpaired) electrons. The summed E-state index contributed by atoms with van der Waals surface area (Å²) < 4.78 is 5.69. The summed E-state index contributed by atoms with van der Waals surface area (Å²) >= 11 is 0. The number of carbonyl (C=O) groups is 1. The molecule has 0 atom stereocenters. The smallest absolute Gasteiger partial charge is 0.272 e. The van der Waals surface area contributed by atoms with Gasteiger partial charge in [0.15, 0.2) is 0 Å².